The average Bonchev–Trinajstić information content (AvgIpc) is 3.15. The number of hydrogen-bond donors (Lipinski definition) is 1. The number of nitrogens with one attached hydrogen (secondary N) is 1. The first-order valence-electron chi connectivity index (χ1n) is 10.4. The molecule has 168 valence electrons. The Morgan fingerprint density at radius 3 is 2.53 bits per heavy atom. The topological polar surface area (TPSA) is 81.7 Å². The molecule has 1 N–H and O–H groups in total. The van der Waals surface area contributed by atoms with Crippen LogP contribution in [0.25, 0.3) is 0 Å². The molecular formula is C23H24BCl2NO5. The molecule has 32 heavy (non-hydrogen) atoms. The van der Waals surface area contributed by atoms with Crippen molar-refractivity contribution in [2.75, 3.05) is 6.54 Å². The second-order valence-electron chi connectivity index (χ2n) is 8.17. The molecule has 3 rings (SSSR count). The van der Waals surface area contributed by atoms with Crippen LogP contribution in [-0.2, 0) is 18.9 Å². The first-order chi connectivity index (χ1) is 15.2. The summed E-state index contributed by atoms with van der Waals surface area (Å²) in [4.78, 5) is 37.4. The number of carbonyl (C=O) groups excluding carboxylic acids is 3. The molecule has 0 bridgehead atoms. The fraction of sp³-hybridized carbons (Fsp3) is 0.348. The van der Waals surface area contributed by atoms with E-state index in [0.29, 0.717) is 17.0 Å². The number of hydrogen-bond acceptors (Lipinski definition) is 5. The summed E-state index contributed by atoms with van der Waals surface area (Å²) >= 11 is 12.0. The summed E-state index contributed by atoms with van der Waals surface area (Å²) < 4.78 is 11.4. The van der Waals surface area contributed by atoms with E-state index in [0.717, 1.165) is 0 Å². The molecule has 1 aliphatic heterocycles. The Morgan fingerprint density at radius 1 is 1.12 bits per heavy atom. The number of benzene rings is 2. The van der Waals surface area contributed by atoms with E-state index >= 15 is 0 Å². The molecule has 1 heterocycles. The third-order valence-corrected chi connectivity index (χ3v) is 5.65. The van der Waals surface area contributed by atoms with E-state index in [1.165, 1.54) is 12.1 Å². The van der Waals surface area contributed by atoms with Crippen molar-refractivity contribution in [3.8, 4) is 0 Å². The van der Waals surface area contributed by atoms with Gasteiger partial charge in [-0.1, -0.05) is 67.4 Å². The lowest BCUT2D eigenvalue weighted by Crippen LogP contribution is -2.33. The average molecular weight is 476 g/mol. The molecule has 2 aromatic carbocycles. The third kappa shape index (κ3) is 6.34. The van der Waals surface area contributed by atoms with E-state index < -0.39 is 25.1 Å². The van der Waals surface area contributed by atoms with Crippen molar-refractivity contribution in [1.29, 1.82) is 0 Å². The minimum absolute atomic E-state index is 0.0984. The molecular weight excluding hydrogens is 452 g/mol. The Labute approximate surface area is 197 Å². The second kappa shape index (κ2) is 11.0. The lowest BCUT2D eigenvalue weighted by molar-refractivity contribution is -0.136. The number of halogens is 2. The Morgan fingerprint density at radius 2 is 1.84 bits per heavy atom. The van der Waals surface area contributed by atoms with Gasteiger partial charge in [0.05, 0.1) is 17.1 Å². The van der Waals surface area contributed by atoms with Crippen LogP contribution in [0.3, 0.4) is 0 Å². The molecule has 1 amide bonds. The van der Waals surface area contributed by atoms with Crippen LogP contribution in [0.4, 0.5) is 0 Å². The van der Waals surface area contributed by atoms with Crippen LogP contribution in [0, 0.1) is 5.92 Å². The highest BCUT2D eigenvalue weighted by Gasteiger charge is 2.46. The number of Topliss-reactive ketones (excluding diaryl/α,β-unsaturated/α-hetero) is 1. The van der Waals surface area contributed by atoms with Gasteiger partial charge in [0.1, 0.15) is 0 Å². The lowest BCUT2D eigenvalue weighted by Gasteiger charge is -2.19. The summed E-state index contributed by atoms with van der Waals surface area (Å²) in [5.41, 5.74) is 0.907. The summed E-state index contributed by atoms with van der Waals surface area (Å²) in [6.45, 7) is 3.86. The predicted octanol–water partition coefficient (Wildman–Crippen LogP) is 4.90. The van der Waals surface area contributed by atoms with Gasteiger partial charge in [-0.3, -0.25) is 14.4 Å². The van der Waals surface area contributed by atoms with Crippen LogP contribution in [0.5, 0.6) is 0 Å². The van der Waals surface area contributed by atoms with Gasteiger partial charge in [0, 0.05) is 17.3 Å². The van der Waals surface area contributed by atoms with Gasteiger partial charge in [0.15, 0.2) is 11.9 Å². The number of carbonyl (C=O) groups is 3. The van der Waals surface area contributed by atoms with Crippen molar-refractivity contribution in [2.45, 2.75) is 38.6 Å². The number of ketones is 1. The highest BCUT2D eigenvalue weighted by molar-refractivity contribution is 6.51. The minimum atomic E-state index is -0.822. The van der Waals surface area contributed by atoms with Gasteiger partial charge in [0.25, 0.3) is 5.91 Å². The van der Waals surface area contributed by atoms with Gasteiger partial charge in [-0.05, 0) is 36.1 Å². The van der Waals surface area contributed by atoms with Gasteiger partial charge < -0.3 is 14.6 Å². The molecule has 0 unspecified atom stereocenters. The zero-order valence-electron chi connectivity index (χ0n) is 17.8. The van der Waals surface area contributed by atoms with E-state index in [1.54, 1.807) is 18.2 Å². The van der Waals surface area contributed by atoms with Crippen molar-refractivity contribution in [2.24, 2.45) is 5.92 Å². The summed E-state index contributed by atoms with van der Waals surface area (Å²) in [5, 5.41) is 3.20. The van der Waals surface area contributed by atoms with Crippen molar-refractivity contribution < 1.29 is 23.7 Å². The molecule has 0 radical (unpaired) electrons. The SMILES string of the molecule is CC(C)C[C@H](CC(=O)CNC(=O)c1cc(Cl)ccc1Cl)B1OC(=O)[C@@H](c2ccccc2)O1. The molecule has 0 aromatic heterocycles. The van der Waals surface area contributed by atoms with Crippen LogP contribution in [0.15, 0.2) is 48.5 Å². The number of amides is 1. The van der Waals surface area contributed by atoms with Crippen LogP contribution in [0.2, 0.25) is 15.9 Å². The summed E-state index contributed by atoms with van der Waals surface area (Å²) in [6, 6.07) is 13.6. The van der Waals surface area contributed by atoms with E-state index in [1.807, 2.05) is 32.0 Å². The van der Waals surface area contributed by atoms with Gasteiger partial charge >= 0.3 is 13.1 Å². The Kier molecular flexibility index (Phi) is 8.35. The zero-order chi connectivity index (χ0) is 23.3. The van der Waals surface area contributed by atoms with Crippen molar-refractivity contribution >= 4 is 48.0 Å². The molecule has 1 saturated heterocycles. The maximum Gasteiger partial charge on any atom is 0.531 e. The first kappa shape index (κ1) is 24.3. The van der Waals surface area contributed by atoms with Crippen LogP contribution in [-0.4, -0.2) is 31.3 Å². The molecule has 6 nitrogen and oxygen atoms in total. The van der Waals surface area contributed by atoms with Crippen molar-refractivity contribution in [1.82, 2.24) is 5.32 Å². The van der Waals surface area contributed by atoms with Gasteiger partial charge in [-0.2, -0.15) is 0 Å². The Bertz CT molecular complexity index is 986. The Hall–Kier alpha value is -2.35. The molecule has 1 aliphatic rings. The molecule has 2 atom stereocenters. The largest absolute Gasteiger partial charge is 0.531 e. The molecule has 9 heteroatoms. The van der Waals surface area contributed by atoms with E-state index in [-0.39, 0.29) is 41.1 Å². The molecule has 1 fully saturated rings. The molecule has 0 saturated carbocycles. The van der Waals surface area contributed by atoms with Crippen molar-refractivity contribution in [3.63, 3.8) is 0 Å². The van der Waals surface area contributed by atoms with Crippen molar-refractivity contribution in [3.05, 3.63) is 69.7 Å². The smallest absolute Gasteiger partial charge is 0.507 e. The first-order valence-corrected chi connectivity index (χ1v) is 11.2. The fourth-order valence-electron chi connectivity index (χ4n) is 3.65. The van der Waals surface area contributed by atoms with E-state index in [9.17, 15) is 14.4 Å². The number of rotatable bonds is 9. The highest BCUT2D eigenvalue weighted by atomic mass is 35.5. The fourth-order valence-corrected chi connectivity index (χ4v) is 4.03. The quantitative estimate of drug-likeness (QED) is 0.521. The van der Waals surface area contributed by atoms with E-state index in [2.05, 4.69) is 5.32 Å². The molecule has 2 aromatic rings. The highest BCUT2D eigenvalue weighted by Crippen LogP contribution is 2.35. The maximum atomic E-state index is 12.6. The normalized spacial score (nSPS) is 16.7. The monoisotopic (exact) mass is 475 g/mol. The Balaban J connectivity index is 1.61. The standard InChI is InChI=1S/C23H24BCl2NO5/c1-14(2)10-16(24-31-21(23(30)32-24)15-6-4-3-5-7-15)11-18(28)13-27-22(29)19-12-17(25)8-9-20(19)26/h3-9,12,14,16,21H,10-11,13H2,1-2H3,(H,27,29)/t16-,21-/m1/s1. The van der Waals surface area contributed by atoms with Gasteiger partial charge in [-0.15, -0.1) is 0 Å². The van der Waals surface area contributed by atoms with Crippen LogP contribution < -0.4 is 5.32 Å². The molecule has 0 spiro atoms. The summed E-state index contributed by atoms with van der Waals surface area (Å²) in [6.07, 6.45) is -0.0869. The second-order valence-corrected chi connectivity index (χ2v) is 9.01. The minimum Gasteiger partial charge on any atom is -0.507 e. The van der Waals surface area contributed by atoms with Crippen LogP contribution in [0.1, 0.15) is 48.7 Å². The zero-order valence-corrected chi connectivity index (χ0v) is 19.4. The predicted molar refractivity (Wildman–Crippen MR) is 124 cm³/mol. The summed E-state index contributed by atoms with van der Waals surface area (Å²) in [5.74, 6) is -1.23. The van der Waals surface area contributed by atoms with Gasteiger partial charge in [0.2, 0.25) is 0 Å². The maximum absolute atomic E-state index is 12.6. The molecule has 0 aliphatic carbocycles. The summed E-state index contributed by atoms with van der Waals surface area (Å²) in [7, 11) is -0.822. The van der Waals surface area contributed by atoms with Gasteiger partial charge in [-0.25, -0.2) is 0 Å². The van der Waals surface area contributed by atoms with Crippen LogP contribution >= 0.6 is 23.2 Å². The lowest BCUT2D eigenvalue weighted by atomic mass is 9.65. The van der Waals surface area contributed by atoms with E-state index in [4.69, 9.17) is 32.5 Å². The third-order valence-electron chi connectivity index (χ3n) is 5.09.